The van der Waals surface area contributed by atoms with Crippen molar-refractivity contribution in [3.8, 4) is 11.4 Å². The first-order valence-corrected chi connectivity index (χ1v) is 6.29. The number of aromatic carboxylic acids is 1. The first-order valence-electron chi connectivity index (χ1n) is 4.70. The van der Waals surface area contributed by atoms with Crippen molar-refractivity contribution in [3.05, 3.63) is 44.9 Å². The quantitative estimate of drug-likeness (QED) is 0.872. The Hall–Kier alpha value is -1.34. The molecule has 0 saturated carbocycles. The number of hydrogen-bond donors (Lipinski definition) is 1. The van der Waals surface area contributed by atoms with Gasteiger partial charge in [0.25, 0.3) is 0 Å². The molecular weight excluding hydrogens is 371 g/mol. The molecule has 0 bridgehead atoms. The van der Waals surface area contributed by atoms with Crippen LogP contribution in [0.3, 0.4) is 0 Å². The van der Waals surface area contributed by atoms with Crippen molar-refractivity contribution >= 4 is 37.8 Å². The number of aromatic nitrogens is 2. The Labute approximate surface area is 118 Å². The fraction of sp³-hybridized carbons (Fsp3) is 0. The van der Waals surface area contributed by atoms with E-state index in [-0.39, 0.29) is 16.0 Å². The maximum Gasteiger partial charge on any atom is 0.355 e. The predicted octanol–water partition coefficient (Wildman–Crippen LogP) is 3.51. The van der Waals surface area contributed by atoms with E-state index in [1.807, 2.05) is 0 Å². The Morgan fingerprint density at radius 1 is 1.28 bits per heavy atom. The molecule has 0 saturated heterocycles. The van der Waals surface area contributed by atoms with Crippen LogP contribution in [0.4, 0.5) is 4.39 Å². The van der Waals surface area contributed by atoms with Crippen molar-refractivity contribution in [1.29, 1.82) is 0 Å². The topological polar surface area (TPSA) is 63.1 Å². The second-order valence-electron chi connectivity index (χ2n) is 3.32. The number of carbonyl (C=O) groups is 1. The molecule has 0 radical (unpaired) electrons. The van der Waals surface area contributed by atoms with Gasteiger partial charge in [-0.3, -0.25) is 0 Å². The molecule has 0 spiro atoms. The third kappa shape index (κ3) is 2.56. The van der Waals surface area contributed by atoms with Crippen LogP contribution in [0.2, 0.25) is 0 Å². The molecule has 2 rings (SSSR count). The first-order chi connectivity index (χ1) is 8.49. The molecular formula is C11H5Br2FN2O2. The number of hydrogen-bond acceptors (Lipinski definition) is 3. The number of benzene rings is 1. The van der Waals surface area contributed by atoms with Crippen molar-refractivity contribution in [2.24, 2.45) is 0 Å². The van der Waals surface area contributed by atoms with Crippen LogP contribution >= 0.6 is 31.9 Å². The molecule has 1 aromatic heterocycles. The van der Waals surface area contributed by atoms with Crippen molar-refractivity contribution in [1.82, 2.24) is 9.97 Å². The van der Waals surface area contributed by atoms with Crippen LogP contribution in [-0.4, -0.2) is 21.0 Å². The third-order valence-corrected chi connectivity index (χ3v) is 3.36. The minimum atomic E-state index is -1.16. The predicted molar refractivity (Wildman–Crippen MR) is 69.8 cm³/mol. The minimum Gasteiger partial charge on any atom is -0.476 e. The van der Waals surface area contributed by atoms with Crippen molar-refractivity contribution in [2.45, 2.75) is 0 Å². The maximum atomic E-state index is 13.0. The van der Waals surface area contributed by atoms with Crippen LogP contribution < -0.4 is 0 Å². The third-order valence-electron chi connectivity index (χ3n) is 2.12. The molecule has 0 aliphatic carbocycles. The molecule has 7 heteroatoms. The summed E-state index contributed by atoms with van der Waals surface area (Å²) < 4.78 is 13.7. The van der Waals surface area contributed by atoms with E-state index in [0.717, 1.165) is 0 Å². The van der Waals surface area contributed by atoms with E-state index < -0.39 is 11.8 Å². The van der Waals surface area contributed by atoms with Crippen LogP contribution in [0.1, 0.15) is 10.5 Å². The lowest BCUT2D eigenvalue weighted by Crippen LogP contribution is -2.04. The van der Waals surface area contributed by atoms with Gasteiger partial charge in [0.2, 0.25) is 0 Å². The average Bonchev–Trinajstić information content (AvgIpc) is 2.30. The number of halogens is 3. The summed E-state index contributed by atoms with van der Waals surface area (Å²) in [5.74, 6) is -1.35. The highest BCUT2D eigenvalue weighted by Gasteiger charge is 2.14. The Bertz CT molecular complexity index is 634. The molecule has 1 aromatic carbocycles. The molecule has 0 atom stereocenters. The number of carboxylic acid groups (broad SMARTS) is 1. The highest BCUT2D eigenvalue weighted by atomic mass is 79.9. The van der Waals surface area contributed by atoms with Gasteiger partial charge in [-0.25, -0.2) is 19.2 Å². The Kier molecular flexibility index (Phi) is 3.72. The first kappa shape index (κ1) is 13.1. The molecule has 0 aliphatic heterocycles. The summed E-state index contributed by atoms with van der Waals surface area (Å²) in [6.45, 7) is 0. The lowest BCUT2D eigenvalue weighted by atomic mass is 10.2. The zero-order chi connectivity index (χ0) is 13.3. The van der Waals surface area contributed by atoms with Crippen LogP contribution in [0, 0.1) is 5.82 Å². The second-order valence-corrected chi connectivity index (χ2v) is 5.03. The zero-order valence-electron chi connectivity index (χ0n) is 8.69. The summed E-state index contributed by atoms with van der Waals surface area (Å²) in [6.07, 6.45) is 1.35. The van der Waals surface area contributed by atoms with Gasteiger partial charge in [-0.15, -0.1) is 0 Å². The van der Waals surface area contributed by atoms with Gasteiger partial charge in [0.05, 0.1) is 4.47 Å². The van der Waals surface area contributed by atoms with E-state index in [2.05, 4.69) is 41.8 Å². The smallest absolute Gasteiger partial charge is 0.355 e. The fourth-order valence-electron chi connectivity index (χ4n) is 1.32. The summed E-state index contributed by atoms with van der Waals surface area (Å²) in [5, 5.41) is 8.96. The monoisotopic (exact) mass is 374 g/mol. The number of rotatable bonds is 2. The summed E-state index contributed by atoms with van der Waals surface area (Å²) in [4.78, 5) is 18.9. The van der Waals surface area contributed by atoms with Crippen LogP contribution in [0.25, 0.3) is 11.4 Å². The van der Waals surface area contributed by atoms with Gasteiger partial charge in [0, 0.05) is 16.2 Å². The van der Waals surface area contributed by atoms with Gasteiger partial charge in [0.15, 0.2) is 11.5 Å². The van der Waals surface area contributed by atoms with Crippen LogP contribution in [-0.2, 0) is 0 Å². The van der Waals surface area contributed by atoms with Gasteiger partial charge in [-0.2, -0.15) is 0 Å². The van der Waals surface area contributed by atoms with Crippen LogP contribution in [0.15, 0.2) is 33.3 Å². The molecule has 4 nitrogen and oxygen atoms in total. The molecule has 0 fully saturated rings. The molecule has 0 amide bonds. The van der Waals surface area contributed by atoms with Gasteiger partial charge < -0.3 is 5.11 Å². The highest BCUT2D eigenvalue weighted by Crippen LogP contribution is 2.27. The van der Waals surface area contributed by atoms with E-state index in [1.54, 1.807) is 0 Å². The highest BCUT2D eigenvalue weighted by molar-refractivity contribution is 9.10. The largest absolute Gasteiger partial charge is 0.476 e. The molecule has 0 unspecified atom stereocenters. The Morgan fingerprint density at radius 2 is 2.00 bits per heavy atom. The Balaban J connectivity index is 2.58. The van der Waals surface area contributed by atoms with E-state index in [4.69, 9.17) is 5.11 Å². The van der Waals surface area contributed by atoms with Crippen molar-refractivity contribution in [3.63, 3.8) is 0 Å². The lowest BCUT2D eigenvalue weighted by molar-refractivity contribution is 0.0689. The molecule has 18 heavy (non-hydrogen) atoms. The normalized spacial score (nSPS) is 10.4. The molecule has 2 aromatic rings. The standard InChI is InChI=1S/C11H5Br2FN2O2/c12-7-3-5(14)1-2-6(7)10-15-4-8(13)9(16-10)11(17)18/h1-4H,(H,17,18). The van der Waals surface area contributed by atoms with Gasteiger partial charge in [-0.05, 0) is 50.1 Å². The summed E-state index contributed by atoms with van der Waals surface area (Å²) in [5.41, 5.74) is 0.377. The zero-order valence-corrected chi connectivity index (χ0v) is 11.9. The summed E-state index contributed by atoms with van der Waals surface area (Å²) >= 11 is 6.24. The summed E-state index contributed by atoms with van der Waals surface area (Å²) in [6, 6.07) is 4.00. The molecule has 92 valence electrons. The average molecular weight is 376 g/mol. The van der Waals surface area contributed by atoms with E-state index in [1.165, 1.54) is 24.4 Å². The van der Waals surface area contributed by atoms with E-state index in [9.17, 15) is 9.18 Å². The van der Waals surface area contributed by atoms with Gasteiger partial charge in [-0.1, -0.05) is 0 Å². The molecule has 0 aliphatic rings. The van der Waals surface area contributed by atoms with Gasteiger partial charge in [0.1, 0.15) is 5.82 Å². The maximum absolute atomic E-state index is 13.0. The number of carboxylic acids is 1. The summed E-state index contributed by atoms with van der Waals surface area (Å²) in [7, 11) is 0. The molecule has 1 heterocycles. The molecule has 1 N–H and O–H groups in total. The SMILES string of the molecule is O=C(O)c1nc(-c2ccc(F)cc2Br)ncc1Br. The van der Waals surface area contributed by atoms with Gasteiger partial charge >= 0.3 is 5.97 Å². The minimum absolute atomic E-state index is 0.142. The lowest BCUT2D eigenvalue weighted by Gasteiger charge is -2.05. The Morgan fingerprint density at radius 3 is 2.61 bits per heavy atom. The van der Waals surface area contributed by atoms with Crippen LogP contribution in [0.5, 0.6) is 0 Å². The van der Waals surface area contributed by atoms with Crippen molar-refractivity contribution < 1.29 is 14.3 Å². The van der Waals surface area contributed by atoms with E-state index in [0.29, 0.717) is 10.0 Å². The van der Waals surface area contributed by atoms with Crippen molar-refractivity contribution in [2.75, 3.05) is 0 Å². The second kappa shape index (κ2) is 5.11. The van der Waals surface area contributed by atoms with E-state index >= 15 is 0 Å². The number of nitrogens with zero attached hydrogens (tertiary/aromatic N) is 2. The fourth-order valence-corrected chi connectivity index (χ4v) is 2.21.